The molecular weight excluding hydrogens is 424 g/mol. The van der Waals surface area contributed by atoms with Gasteiger partial charge < -0.3 is 10.2 Å². The van der Waals surface area contributed by atoms with Crippen LogP contribution in [0.1, 0.15) is 62.1 Å². The molecule has 2 fully saturated rings. The van der Waals surface area contributed by atoms with E-state index in [9.17, 15) is 13.2 Å². The van der Waals surface area contributed by atoms with Crippen molar-refractivity contribution in [2.75, 3.05) is 19.6 Å². The molecule has 2 aromatic rings. The minimum absolute atomic E-state index is 0.00725. The Bertz CT molecular complexity index is 1010. The third-order valence-electron chi connectivity index (χ3n) is 6.44. The van der Waals surface area contributed by atoms with E-state index < -0.39 is 10.0 Å². The van der Waals surface area contributed by atoms with Gasteiger partial charge in [0, 0.05) is 38.6 Å². The number of rotatable bonds is 5. The van der Waals surface area contributed by atoms with Crippen molar-refractivity contribution >= 4 is 16.1 Å². The summed E-state index contributed by atoms with van der Waals surface area (Å²) >= 11 is 0. The zero-order chi connectivity index (χ0) is 22.4. The molecule has 2 aliphatic heterocycles. The molecule has 1 aromatic heterocycles. The Morgan fingerprint density at radius 3 is 2.41 bits per heavy atom. The Hall–Kier alpha value is -2.45. The van der Waals surface area contributed by atoms with Crippen molar-refractivity contribution in [3.63, 3.8) is 0 Å². The van der Waals surface area contributed by atoms with E-state index in [1.54, 1.807) is 34.9 Å². The van der Waals surface area contributed by atoms with E-state index in [-0.39, 0.29) is 18.6 Å². The number of piperidine rings is 1. The van der Waals surface area contributed by atoms with E-state index in [1.165, 1.54) is 0 Å². The molecule has 2 aliphatic rings. The molecule has 2 amide bonds. The second-order valence-corrected chi connectivity index (χ2v) is 10.5. The lowest BCUT2D eigenvalue weighted by molar-refractivity contribution is 0.175. The van der Waals surface area contributed by atoms with Crippen molar-refractivity contribution in [1.29, 1.82) is 0 Å². The molecule has 8 heteroatoms. The van der Waals surface area contributed by atoms with Gasteiger partial charge in [0.2, 0.25) is 10.0 Å². The van der Waals surface area contributed by atoms with E-state index in [1.807, 2.05) is 23.1 Å². The smallest absolute Gasteiger partial charge is 0.318 e. The van der Waals surface area contributed by atoms with Gasteiger partial charge in [-0.25, -0.2) is 13.2 Å². The van der Waals surface area contributed by atoms with Crippen LogP contribution in [0.15, 0.2) is 53.7 Å². The highest BCUT2D eigenvalue weighted by Crippen LogP contribution is 2.30. The normalized spacial score (nSPS) is 20.5. The summed E-state index contributed by atoms with van der Waals surface area (Å²) in [6.45, 7) is 1.99. The summed E-state index contributed by atoms with van der Waals surface area (Å²) in [5, 5.41) is 3.00. The minimum Gasteiger partial charge on any atom is -0.334 e. The highest BCUT2D eigenvalue weighted by atomic mass is 32.2. The molecule has 0 radical (unpaired) electrons. The number of likely N-dealkylation sites (tertiary alicyclic amines) is 1. The van der Waals surface area contributed by atoms with E-state index in [0.717, 1.165) is 50.5 Å². The van der Waals surface area contributed by atoms with Crippen molar-refractivity contribution < 1.29 is 13.2 Å². The van der Waals surface area contributed by atoms with Crippen molar-refractivity contribution in [3.8, 4) is 0 Å². The van der Waals surface area contributed by atoms with E-state index in [0.29, 0.717) is 30.1 Å². The highest BCUT2D eigenvalue weighted by Gasteiger charge is 2.29. The number of pyridine rings is 1. The molecule has 4 rings (SSSR count). The average Bonchev–Trinajstić information content (AvgIpc) is 3.10. The first-order valence-electron chi connectivity index (χ1n) is 11.6. The van der Waals surface area contributed by atoms with Gasteiger partial charge in [0.25, 0.3) is 0 Å². The lowest BCUT2D eigenvalue weighted by atomic mass is 10.0. The van der Waals surface area contributed by atoms with Gasteiger partial charge in [-0.05, 0) is 55.0 Å². The fourth-order valence-corrected chi connectivity index (χ4v) is 6.44. The van der Waals surface area contributed by atoms with Crippen molar-refractivity contribution in [1.82, 2.24) is 19.5 Å². The number of nitrogens with one attached hydrogen (secondary N) is 1. The predicted octanol–water partition coefficient (Wildman–Crippen LogP) is 4.08. The number of sulfonamides is 1. The Labute approximate surface area is 190 Å². The predicted molar refractivity (Wildman–Crippen MR) is 123 cm³/mol. The van der Waals surface area contributed by atoms with Gasteiger partial charge in [0.1, 0.15) is 0 Å². The average molecular weight is 457 g/mol. The standard InChI is InChI=1S/C24H32N4O3S/c29-24(28-18-8-1-3-10-22(28)20-12-14-25-15-13-20)26-19-21-9-4-5-11-23(21)32(30,31)27-16-6-2-7-17-27/h4-5,9,11-15,22H,1-3,6-8,10,16-19H2,(H,26,29). The second kappa shape index (κ2) is 10.4. The van der Waals surface area contributed by atoms with Crippen molar-refractivity contribution in [2.24, 2.45) is 0 Å². The van der Waals surface area contributed by atoms with Crippen LogP contribution < -0.4 is 5.32 Å². The zero-order valence-electron chi connectivity index (χ0n) is 18.4. The highest BCUT2D eigenvalue weighted by molar-refractivity contribution is 7.89. The Kier molecular flexibility index (Phi) is 7.42. The minimum atomic E-state index is -3.56. The molecule has 0 aliphatic carbocycles. The molecule has 1 atom stereocenters. The SMILES string of the molecule is O=C(NCc1ccccc1S(=O)(=O)N1CCCCC1)N1CCCCCC1c1ccncc1. The summed E-state index contributed by atoms with van der Waals surface area (Å²) in [7, 11) is -3.56. The number of benzene rings is 1. The van der Waals surface area contributed by atoms with Crippen LogP contribution in [-0.2, 0) is 16.6 Å². The fourth-order valence-electron chi connectivity index (χ4n) is 4.70. The van der Waals surface area contributed by atoms with Crippen LogP contribution >= 0.6 is 0 Å². The molecule has 0 bridgehead atoms. The summed E-state index contributed by atoms with van der Waals surface area (Å²) in [6.07, 6.45) is 10.4. The third kappa shape index (κ3) is 5.13. The fraction of sp³-hybridized carbons (Fsp3) is 0.500. The first kappa shape index (κ1) is 22.7. The largest absolute Gasteiger partial charge is 0.334 e. The third-order valence-corrected chi connectivity index (χ3v) is 8.44. The maximum absolute atomic E-state index is 13.2. The maximum Gasteiger partial charge on any atom is 0.318 e. The molecule has 7 nitrogen and oxygen atoms in total. The quantitative estimate of drug-likeness (QED) is 0.735. The topological polar surface area (TPSA) is 82.6 Å². The number of hydrogen-bond donors (Lipinski definition) is 1. The van der Waals surface area contributed by atoms with E-state index in [4.69, 9.17) is 0 Å². The van der Waals surface area contributed by atoms with Crippen molar-refractivity contribution in [3.05, 3.63) is 59.9 Å². The summed E-state index contributed by atoms with van der Waals surface area (Å²) in [6, 6.07) is 10.8. The molecule has 1 unspecified atom stereocenters. The van der Waals surface area contributed by atoms with E-state index in [2.05, 4.69) is 10.3 Å². The Morgan fingerprint density at radius 1 is 0.938 bits per heavy atom. The first-order chi connectivity index (χ1) is 15.6. The monoisotopic (exact) mass is 456 g/mol. The van der Waals surface area contributed by atoms with Gasteiger partial charge in [-0.15, -0.1) is 0 Å². The number of carbonyl (C=O) groups is 1. The number of carbonyl (C=O) groups excluding carboxylic acids is 1. The Morgan fingerprint density at radius 2 is 1.62 bits per heavy atom. The van der Waals surface area contributed by atoms with Gasteiger partial charge >= 0.3 is 6.03 Å². The number of amides is 2. The van der Waals surface area contributed by atoms with Gasteiger partial charge in [-0.2, -0.15) is 4.31 Å². The number of nitrogens with zero attached hydrogens (tertiary/aromatic N) is 3. The van der Waals surface area contributed by atoms with Gasteiger partial charge in [-0.1, -0.05) is 37.5 Å². The second-order valence-electron chi connectivity index (χ2n) is 8.57. The van der Waals surface area contributed by atoms with Crippen LogP contribution in [0.3, 0.4) is 0 Å². The lowest BCUT2D eigenvalue weighted by Gasteiger charge is -2.31. The summed E-state index contributed by atoms with van der Waals surface area (Å²) in [5.41, 5.74) is 1.71. The number of urea groups is 1. The summed E-state index contributed by atoms with van der Waals surface area (Å²) < 4.78 is 28.0. The molecule has 1 aromatic carbocycles. The van der Waals surface area contributed by atoms with Crippen LogP contribution in [0.2, 0.25) is 0 Å². The maximum atomic E-state index is 13.2. The molecule has 1 N–H and O–H groups in total. The number of aromatic nitrogens is 1. The molecule has 172 valence electrons. The molecule has 3 heterocycles. The molecule has 0 spiro atoms. The summed E-state index contributed by atoms with van der Waals surface area (Å²) in [5.74, 6) is 0. The van der Waals surface area contributed by atoms with E-state index >= 15 is 0 Å². The first-order valence-corrected chi connectivity index (χ1v) is 13.0. The molecule has 2 saturated heterocycles. The van der Waals surface area contributed by atoms with Crippen LogP contribution in [0.25, 0.3) is 0 Å². The zero-order valence-corrected chi connectivity index (χ0v) is 19.3. The summed E-state index contributed by atoms with van der Waals surface area (Å²) in [4.78, 5) is 19.5. The van der Waals surface area contributed by atoms with Crippen LogP contribution in [0.4, 0.5) is 4.79 Å². The Balaban J connectivity index is 1.50. The van der Waals surface area contributed by atoms with Gasteiger partial charge in [-0.3, -0.25) is 4.98 Å². The van der Waals surface area contributed by atoms with Crippen LogP contribution in [0, 0.1) is 0 Å². The molecule has 0 saturated carbocycles. The molecule has 32 heavy (non-hydrogen) atoms. The van der Waals surface area contributed by atoms with Gasteiger partial charge in [0.15, 0.2) is 0 Å². The van der Waals surface area contributed by atoms with Gasteiger partial charge in [0.05, 0.1) is 10.9 Å². The molecular formula is C24H32N4O3S. The number of hydrogen-bond acceptors (Lipinski definition) is 4. The van der Waals surface area contributed by atoms with Crippen molar-refractivity contribution in [2.45, 2.75) is 62.4 Å². The van der Waals surface area contributed by atoms with Crippen LogP contribution in [0.5, 0.6) is 0 Å². The lowest BCUT2D eigenvalue weighted by Crippen LogP contribution is -2.42. The van der Waals surface area contributed by atoms with Crippen LogP contribution in [-0.4, -0.2) is 48.3 Å².